The van der Waals surface area contributed by atoms with Crippen LogP contribution in [0.2, 0.25) is 0 Å². The SMILES string of the molecule is Brc1ccc2ncc(I)c(OC[C@@H]3CCCN3)c2c1. The highest BCUT2D eigenvalue weighted by Crippen LogP contribution is 2.31. The summed E-state index contributed by atoms with van der Waals surface area (Å²) >= 11 is 5.79. The zero-order valence-corrected chi connectivity index (χ0v) is 14.1. The van der Waals surface area contributed by atoms with Crippen molar-refractivity contribution in [1.29, 1.82) is 0 Å². The first-order valence-corrected chi connectivity index (χ1v) is 8.21. The predicted molar refractivity (Wildman–Crippen MR) is 88.7 cm³/mol. The first kappa shape index (κ1) is 13.6. The van der Waals surface area contributed by atoms with Gasteiger partial charge < -0.3 is 10.1 Å². The van der Waals surface area contributed by atoms with Gasteiger partial charge in [-0.15, -0.1) is 0 Å². The number of aromatic nitrogens is 1. The fraction of sp³-hybridized carbons (Fsp3) is 0.357. The summed E-state index contributed by atoms with van der Waals surface area (Å²) in [6.45, 7) is 1.83. The molecule has 0 unspecified atom stereocenters. The first-order chi connectivity index (χ1) is 9.24. The second-order valence-corrected chi connectivity index (χ2v) is 6.78. The van der Waals surface area contributed by atoms with Crippen LogP contribution in [0.25, 0.3) is 10.9 Å². The molecule has 1 aromatic heterocycles. The van der Waals surface area contributed by atoms with Gasteiger partial charge in [0, 0.05) is 22.1 Å². The molecule has 3 rings (SSSR count). The number of rotatable bonds is 3. The van der Waals surface area contributed by atoms with E-state index in [0.717, 1.165) is 37.8 Å². The van der Waals surface area contributed by atoms with Gasteiger partial charge >= 0.3 is 0 Å². The van der Waals surface area contributed by atoms with E-state index in [1.54, 1.807) is 0 Å². The molecule has 3 nitrogen and oxygen atoms in total. The molecular weight excluding hydrogens is 419 g/mol. The standard InChI is InChI=1S/C14H14BrIN2O/c15-9-3-4-13-11(6-9)14(12(16)7-18-13)19-8-10-2-1-5-17-10/h3-4,6-7,10,17H,1-2,5,8H2/t10-/m0/s1. The number of nitrogens with one attached hydrogen (secondary N) is 1. The second-order valence-electron chi connectivity index (χ2n) is 4.70. The Morgan fingerprint density at radius 1 is 1.47 bits per heavy atom. The van der Waals surface area contributed by atoms with Gasteiger partial charge in [-0.3, -0.25) is 4.98 Å². The topological polar surface area (TPSA) is 34.1 Å². The van der Waals surface area contributed by atoms with Gasteiger partial charge in [0.15, 0.2) is 0 Å². The number of nitrogens with zero attached hydrogens (tertiary/aromatic N) is 1. The summed E-state index contributed by atoms with van der Waals surface area (Å²) in [7, 11) is 0. The highest BCUT2D eigenvalue weighted by atomic mass is 127. The molecule has 19 heavy (non-hydrogen) atoms. The van der Waals surface area contributed by atoms with E-state index in [0.29, 0.717) is 6.04 Å². The molecule has 0 spiro atoms. The molecule has 1 saturated heterocycles. The minimum atomic E-state index is 0.478. The third kappa shape index (κ3) is 3.03. The maximum atomic E-state index is 6.06. The molecule has 1 fully saturated rings. The van der Waals surface area contributed by atoms with Crippen molar-refractivity contribution in [2.24, 2.45) is 0 Å². The molecule has 1 aliphatic heterocycles. The summed E-state index contributed by atoms with van der Waals surface area (Å²) in [5, 5.41) is 4.52. The number of fused-ring (bicyclic) bond motifs is 1. The molecule has 0 bridgehead atoms. The van der Waals surface area contributed by atoms with Crippen molar-refractivity contribution in [2.45, 2.75) is 18.9 Å². The molecule has 2 aromatic rings. The van der Waals surface area contributed by atoms with Crippen molar-refractivity contribution in [2.75, 3.05) is 13.2 Å². The van der Waals surface area contributed by atoms with E-state index < -0.39 is 0 Å². The maximum Gasteiger partial charge on any atom is 0.143 e. The smallest absolute Gasteiger partial charge is 0.143 e. The lowest BCUT2D eigenvalue weighted by molar-refractivity contribution is 0.278. The molecule has 5 heteroatoms. The van der Waals surface area contributed by atoms with Gasteiger partial charge in [-0.2, -0.15) is 0 Å². The summed E-state index contributed by atoms with van der Waals surface area (Å²) in [6.07, 6.45) is 4.31. The Kier molecular flexibility index (Phi) is 4.24. The zero-order chi connectivity index (χ0) is 13.2. The number of hydrogen-bond acceptors (Lipinski definition) is 3. The Morgan fingerprint density at radius 3 is 3.16 bits per heavy atom. The highest BCUT2D eigenvalue weighted by molar-refractivity contribution is 14.1. The van der Waals surface area contributed by atoms with Crippen LogP contribution in [0.5, 0.6) is 5.75 Å². The van der Waals surface area contributed by atoms with Crippen LogP contribution in [0.3, 0.4) is 0 Å². The van der Waals surface area contributed by atoms with Gasteiger partial charge in [0.1, 0.15) is 12.4 Å². The quantitative estimate of drug-likeness (QED) is 0.750. The molecule has 0 radical (unpaired) electrons. The molecule has 100 valence electrons. The molecule has 1 aliphatic rings. The number of ether oxygens (including phenoxy) is 1. The number of pyridine rings is 1. The molecule has 0 aliphatic carbocycles. The van der Waals surface area contributed by atoms with Crippen LogP contribution in [0.1, 0.15) is 12.8 Å². The molecule has 2 heterocycles. The van der Waals surface area contributed by atoms with Crippen LogP contribution in [-0.4, -0.2) is 24.2 Å². The molecule has 1 N–H and O–H groups in total. The summed E-state index contributed by atoms with van der Waals surface area (Å²) in [6, 6.07) is 6.56. The lowest BCUT2D eigenvalue weighted by Crippen LogP contribution is -2.28. The van der Waals surface area contributed by atoms with E-state index >= 15 is 0 Å². The number of halogens is 2. The van der Waals surface area contributed by atoms with Crippen LogP contribution < -0.4 is 10.1 Å². The highest BCUT2D eigenvalue weighted by Gasteiger charge is 2.16. The zero-order valence-electron chi connectivity index (χ0n) is 10.3. The van der Waals surface area contributed by atoms with Gasteiger partial charge in [0.25, 0.3) is 0 Å². The van der Waals surface area contributed by atoms with Gasteiger partial charge in [-0.25, -0.2) is 0 Å². The lowest BCUT2D eigenvalue weighted by atomic mass is 10.2. The van der Waals surface area contributed by atoms with Gasteiger partial charge in [0.2, 0.25) is 0 Å². The van der Waals surface area contributed by atoms with Crippen molar-refractivity contribution in [1.82, 2.24) is 10.3 Å². The third-order valence-corrected chi connectivity index (χ3v) is 4.59. The third-order valence-electron chi connectivity index (χ3n) is 3.33. The maximum absolute atomic E-state index is 6.06. The molecular formula is C14H14BrIN2O. The molecule has 1 aromatic carbocycles. The normalized spacial score (nSPS) is 18.9. The monoisotopic (exact) mass is 432 g/mol. The number of benzene rings is 1. The van der Waals surface area contributed by atoms with E-state index in [1.807, 2.05) is 18.3 Å². The van der Waals surface area contributed by atoms with Gasteiger partial charge in [0.05, 0.1) is 9.09 Å². The Labute approximate surface area is 134 Å². The Morgan fingerprint density at radius 2 is 2.37 bits per heavy atom. The Balaban J connectivity index is 1.91. The van der Waals surface area contributed by atoms with Crippen LogP contribution >= 0.6 is 38.5 Å². The lowest BCUT2D eigenvalue weighted by Gasteiger charge is -2.15. The van der Waals surface area contributed by atoms with Crippen molar-refractivity contribution in [3.63, 3.8) is 0 Å². The van der Waals surface area contributed by atoms with E-state index in [9.17, 15) is 0 Å². The van der Waals surface area contributed by atoms with Crippen LogP contribution in [0, 0.1) is 3.57 Å². The molecule has 1 atom stereocenters. The second kappa shape index (κ2) is 5.93. The largest absolute Gasteiger partial charge is 0.490 e. The average Bonchev–Trinajstić information content (AvgIpc) is 2.91. The van der Waals surface area contributed by atoms with Gasteiger partial charge in [-0.05, 0) is 60.2 Å². The van der Waals surface area contributed by atoms with E-state index in [1.165, 1.54) is 12.8 Å². The van der Waals surface area contributed by atoms with E-state index in [2.05, 4.69) is 54.9 Å². The molecule has 0 saturated carbocycles. The Hall–Kier alpha value is -0.400. The molecule has 0 amide bonds. The van der Waals surface area contributed by atoms with Crippen molar-refractivity contribution < 1.29 is 4.74 Å². The van der Waals surface area contributed by atoms with Crippen LogP contribution in [0.4, 0.5) is 0 Å². The van der Waals surface area contributed by atoms with Gasteiger partial charge in [-0.1, -0.05) is 15.9 Å². The van der Waals surface area contributed by atoms with E-state index in [4.69, 9.17) is 4.74 Å². The van der Waals surface area contributed by atoms with Crippen molar-refractivity contribution >= 4 is 49.4 Å². The first-order valence-electron chi connectivity index (χ1n) is 6.34. The Bertz CT molecular complexity index is 594. The average molecular weight is 433 g/mol. The minimum Gasteiger partial charge on any atom is -0.490 e. The van der Waals surface area contributed by atoms with Crippen molar-refractivity contribution in [3.8, 4) is 5.75 Å². The fourth-order valence-electron chi connectivity index (χ4n) is 2.35. The fourth-order valence-corrected chi connectivity index (χ4v) is 3.29. The minimum absolute atomic E-state index is 0.478. The summed E-state index contributed by atoms with van der Waals surface area (Å²) in [5.74, 6) is 0.945. The van der Waals surface area contributed by atoms with E-state index in [-0.39, 0.29) is 0 Å². The predicted octanol–water partition coefficient (Wildman–Crippen LogP) is 3.73. The summed E-state index contributed by atoms with van der Waals surface area (Å²) in [4.78, 5) is 4.44. The number of hydrogen-bond donors (Lipinski definition) is 1. The van der Waals surface area contributed by atoms with Crippen LogP contribution in [0.15, 0.2) is 28.9 Å². The summed E-state index contributed by atoms with van der Waals surface area (Å²) in [5.41, 5.74) is 0.970. The van der Waals surface area contributed by atoms with Crippen LogP contribution in [-0.2, 0) is 0 Å². The summed E-state index contributed by atoms with van der Waals surface area (Å²) < 4.78 is 8.16. The van der Waals surface area contributed by atoms with Crippen molar-refractivity contribution in [3.05, 3.63) is 32.4 Å².